The van der Waals surface area contributed by atoms with E-state index in [9.17, 15) is 14.7 Å². The van der Waals surface area contributed by atoms with E-state index >= 15 is 0 Å². The van der Waals surface area contributed by atoms with Gasteiger partial charge in [0.1, 0.15) is 5.75 Å². The molecule has 7 rings (SSSR count). The summed E-state index contributed by atoms with van der Waals surface area (Å²) in [5, 5.41) is 13.8. The first kappa shape index (κ1) is 28.7. The first-order valence-corrected chi connectivity index (χ1v) is 15.5. The first-order chi connectivity index (χ1) is 22.0. The van der Waals surface area contributed by atoms with Crippen LogP contribution in [0.5, 0.6) is 5.75 Å². The van der Waals surface area contributed by atoms with Gasteiger partial charge in [0.05, 0.1) is 35.9 Å². The average molecular weight is 598 g/mol. The van der Waals surface area contributed by atoms with Crippen LogP contribution in [0.15, 0.2) is 114 Å². The minimum Gasteiger partial charge on any atom is -0.507 e. The van der Waals surface area contributed by atoms with Crippen LogP contribution in [0.2, 0.25) is 0 Å². The van der Waals surface area contributed by atoms with Gasteiger partial charge in [-0.05, 0) is 98.0 Å². The fourth-order valence-electron chi connectivity index (χ4n) is 7.18. The van der Waals surface area contributed by atoms with Crippen LogP contribution in [0.1, 0.15) is 37.4 Å². The third kappa shape index (κ3) is 5.56. The lowest BCUT2D eigenvalue weighted by Gasteiger charge is -2.30. The monoisotopic (exact) mass is 597 g/mol. The Morgan fingerprint density at radius 1 is 0.911 bits per heavy atom. The summed E-state index contributed by atoms with van der Waals surface area (Å²) >= 11 is 0. The van der Waals surface area contributed by atoms with Crippen LogP contribution < -0.4 is 10.2 Å². The van der Waals surface area contributed by atoms with Gasteiger partial charge in [0.25, 0.3) is 0 Å². The minimum absolute atomic E-state index is 0.116. The van der Waals surface area contributed by atoms with Crippen molar-refractivity contribution in [1.82, 2.24) is 4.98 Å². The molecular weight excluding hydrogens is 562 g/mol. The Hall–Kier alpha value is -5.01. The van der Waals surface area contributed by atoms with Gasteiger partial charge in [-0.3, -0.25) is 19.5 Å². The number of amides is 2. The summed E-state index contributed by atoms with van der Waals surface area (Å²) in [4.78, 5) is 33.6. The van der Waals surface area contributed by atoms with Gasteiger partial charge >= 0.3 is 0 Å². The number of hydrogen-bond acceptors (Lipinski definition) is 6. The van der Waals surface area contributed by atoms with Gasteiger partial charge in [-0.2, -0.15) is 0 Å². The lowest BCUT2D eigenvalue weighted by Crippen LogP contribution is -2.34. The van der Waals surface area contributed by atoms with Crippen molar-refractivity contribution in [1.29, 1.82) is 0 Å². The molecule has 2 aliphatic heterocycles. The lowest BCUT2D eigenvalue weighted by molar-refractivity contribution is -0.122. The molecule has 2 amide bonds. The highest BCUT2D eigenvalue weighted by Gasteiger charge is 2.56. The molecule has 3 aromatic carbocycles. The molecule has 0 bridgehead atoms. The number of carbonyl (C=O) groups excluding carboxylic acids is 2. The summed E-state index contributed by atoms with van der Waals surface area (Å²) in [6.45, 7) is 2.51. The summed E-state index contributed by atoms with van der Waals surface area (Å²) in [5.41, 5.74) is 7.36. The van der Waals surface area contributed by atoms with Gasteiger partial charge in [-0.1, -0.05) is 48.0 Å². The van der Waals surface area contributed by atoms with Crippen LogP contribution in [0.4, 0.5) is 17.1 Å². The van der Waals surface area contributed by atoms with Crippen LogP contribution in [0.3, 0.4) is 0 Å². The lowest BCUT2D eigenvalue weighted by atomic mass is 9.70. The number of nitrogens with one attached hydrogen (secondary N) is 1. The summed E-state index contributed by atoms with van der Waals surface area (Å²) in [5.74, 6) is -0.956. The molecule has 3 heterocycles. The second-order valence-corrected chi connectivity index (χ2v) is 12.0. The van der Waals surface area contributed by atoms with Gasteiger partial charge in [0.15, 0.2) is 0 Å². The number of hydrogen-bond donors (Lipinski definition) is 2. The highest BCUT2D eigenvalue weighted by molar-refractivity contribution is 6.22. The zero-order valence-corrected chi connectivity index (χ0v) is 25.1. The van der Waals surface area contributed by atoms with Crippen LogP contribution in [-0.2, 0) is 14.3 Å². The molecule has 0 saturated carbocycles. The number of benzene rings is 3. The van der Waals surface area contributed by atoms with Gasteiger partial charge in [-0.25, -0.2) is 0 Å². The Bertz CT molecular complexity index is 1780. The third-order valence-corrected chi connectivity index (χ3v) is 9.28. The largest absolute Gasteiger partial charge is 0.507 e. The molecule has 7 heteroatoms. The van der Waals surface area contributed by atoms with E-state index in [0.29, 0.717) is 31.6 Å². The number of aromatic hydroxyl groups is 1. The second-order valence-electron chi connectivity index (χ2n) is 12.0. The molecule has 2 N–H and O–H groups in total. The molecule has 1 aromatic heterocycles. The Morgan fingerprint density at radius 3 is 2.40 bits per heavy atom. The Labute approximate surface area is 262 Å². The standard InChI is InChI=1S/C38H35N3O4/c1-24-21-30-36(38(44)41(37(30)43)29-17-15-28(16-18-29)40-27-10-3-2-4-11-27)31-23-45-34(35(24)31)19-14-25(32-12-7-8-20-39-32)22-26-9-5-6-13-33(26)42/h2-13,15-18,20,22,30-31,34,36,40,42H,14,19,21,23H2,1H3/b25-22-/t30-,31+,34-,36-/m1/s1. The molecule has 4 atom stereocenters. The Balaban J connectivity index is 1.09. The maximum absolute atomic E-state index is 13.9. The number of para-hydroxylation sites is 2. The molecular formula is C38H35N3O4. The number of rotatable bonds is 8. The summed E-state index contributed by atoms with van der Waals surface area (Å²) < 4.78 is 6.39. The molecule has 1 aliphatic carbocycles. The number of nitrogens with zero attached hydrogens (tertiary/aromatic N) is 2. The number of aromatic nitrogens is 1. The quantitative estimate of drug-likeness (QED) is 0.163. The summed E-state index contributed by atoms with van der Waals surface area (Å²) in [6.07, 6.45) is 5.55. The minimum atomic E-state index is -0.421. The van der Waals surface area contributed by atoms with Crippen molar-refractivity contribution >= 4 is 40.5 Å². The summed E-state index contributed by atoms with van der Waals surface area (Å²) in [7, 11) is 0. The topological polar surface area (TPSA) is 91.8 Å². The number of allylic oxidation sites excluding steroid dienone is 2. The zero-order chi connectivity index (χ0) is 30.9. The molecule has 2 saturated heterocycles. The molecule has 2 fully saturated rings. The number of imide groups is 1. The van der Waals surface area contributed by atoms with E-state index in [4.69, 9.17) is 4.74 Å². The van der Waals surface area contributed by atoms with Crippen molar-refractivity contribution < 1.29 is 19.4 Å². The summed E-state index contributed by atoms with van der Waals surface area (Å²) in [6, 6.07) is 30.4. The van der Waals surface area contributed by atoms with Crippen molar-refractivity contribution in [2.24, 2.45) is 17.8 Å². The number of carbonyl (C=O) groups is 2. The third-order valence-electron chi connectivity index (χ3n) is 9.28. The fourth-order valence-corrected chi connectivity index (χ4v) is 7.18. The van der Waals surface area contributed by atoms with Gasteiger partial charge in [0, 0.05) is 29.1 Å². The highest BCUT2D eigenvalue weighted by atomic mass is 16.5. The van der Waals surface area contributed by atoms with E-state index < -0.39 is 5.92 Å². The Morgan fingerprint density at radius 2 is 1.64 bits per heavy atom. The van der Waals surface area contributed by atoms with E-state index in [1.807, 2.05) is 91.0 Å². The number of ether oxygens (including phenoxy) is 1. The zero-order valence-electron chi connectivity index (χ0n) is 25.1. The van der Waals surface area contributed by atoms with E-state index in [0.717, 1.165) is 33.8 Å². The maximum Gasteiger partial charge on any atom is 0.238 e. The van der Waals surface area contributed by atoms with Crippen molar-refractivity contribution in [2.45, 2.75) is 32.3 Å². The van der Waals surface area contributed by atoms with Crippen molar-refractivity contribution in [3.63, 3.8) is 0 Å². The second kappa shape index (κ2) is 12.2. The molecule has 0 spiro atoms. The Kier molecular flexibility index (Phi) is 7.78. The fraction of sp³-hybridized carbons (Fsp3) is 0.237. The number of phenolic OH excluding ortho intramolecular Hbond substituents is 1. The van der Waals surface area contributed by atoms with E-state index in [1.54, 1.807) is 18.3 Å². The SMILES string of the molecule is CC1=C2[C@@H](CC/C(=C/c3ccccc3O)c3ccccn3)OC[C@@H]2[C@@H]2C(=O)N(c3ccc(Nc4ccccc4)cc3)C(=O)[C@@H]2C1. The predicted molar refractivity (Wildman–Crippen MR) is 176 cm³/mol. The first-order valence-electron chi connectivity index (χ1n) is 15.5. The van der Waals surface area contributed by atoms with E-state index in [-0.39, 0.29) is 35.5 Å². The molecule has 7 nitrogen and oxygen atoms in total. The molecule has 3 aliphatic rings. The van der Waals surface area contributed by atoms with Crippen molar-refractivity contribution in [2.75, 3.05) is 16.8 Å². The van der Waals surface area contributed by atoms with Gasteiger partial charge in [-0.15, -0.1) is 0 Å². The number of pyridine rings is 1. The number of anilines is 3. The molecule has 226 valence electrons. The van der Waals surface area contributed by atoms with Gasteiger partial charge < -0.3 is 15.2 Å². The van der Waals surface area contributed by atoms with Gasteiger partial charge in [0.2, 0.25) is 11.8 Å². The molecule has 45 heavy (non-hydrogen) atoms. The highest BCUT2D eigenvalue weighted by Crippen LogP contribution is 2.50. The predicted octanol–water partition coefficient (Wildman–Crippen LogP) is 7.39. The normalized spacial score (nSPS) is 22.9. The maximum atomic E-state index is 13.9. The smallest absolute Gasteiger partial charge is 0.238 e. The van der Waals surface area contributed by atoms with Crippen molar-refractivity contribution in [3.8, 4) is 5.75 Å². The molecule has 0 radical (unpaired) electrons. The molecule has 0 unspecified atom stereocenters. The number of fused-ring (bicyclic) bond motifs is 3. The number of phenols is 1. The van der Waals surface area contributed by atoms with Crippen LogP contribution in [0.25, 0.3) is 11.6 Å². The van der Waals surface area contributed by atoms with E-state index in [1.165, 1.54) is 10.5 Å². The molecule has 4 aromatic rings. The van der Waals surface area contributed by atoms with Crippen LogP contribution in [0, 0.1) is 17.8 Å². The average Bonchev–Trinajstić information content (AvgIpc) is 3.60. The van der Waals surface area contributed by atoms with Crippen molar-refractivity contribution in [3.05, 3.63) is 126 Å². The van der Waals surface area contributed by atoms with Crippen LogP contribution >= 0.6 is 0 Å². The van der Waals surface area contributed by atoms with E-state index in [2.05, 4.69) is 17.2 Å². The van der Waals surface area contributed by atoms with Crippen LogP contribution in [-0.4, -0.2) is 34.6 Å².